The van der Waals surface area contributed by atoms with E-state index in [4.69, 9.17) is 0 Å². The number of carbonyl (C=O) groups is 1. The summed E-state index contributed by atoms with van der Waals surface area (Å²) >= 11 is 0. The van der Waals surface area contributed by atoms with Crippen molar-refractivity contribution in [3.05, 3.63) is 70.8 Å². The van der Waals surface area contributed by atoms with Crippen molar-refractivity contribution in [3.8, 4) is 0 Å². The summed E-state index contributed by atoms with van der Waals surface area (Å²) in [7, 11) is 1.74. The fourth-order valence-electron chi connectivity index (χ4n) is 4.32. The SMILES string of the molecule is CCN(C)C=O.Cc1ccc(C(C)(C)C)cc1.c1ccc2c(c1)CCC21CCNCC1. The molecule has 0 bridgehead atoms. The number of benzene rings is 2. The minimum Gasteiger partial charge on any atom is -0.349 e. The highest BCUT2D eigenvalue weighted by molar-refractivity contribution is 5.45. The molecule has 1 aliphatic carbocycles. The van der Waals surface area contributed by atoms with Gasteiger partial charge in [-0.2, -0.15) is 0 Å². The number of amides is 1. The molecule has 2 aliphatic rings. The summed E-state index contributed by atoms with van der Waals surface area (Å²) in [5.74, 6) is 0. The number of carbonyl (C=O) groups excluding carboxylic acids is 1. The maximum absolute atomic E-state index is 9.66. The van der Waals surface area contributed by atoms with Gasteiger partial charge in [-0.3, -0.25) is 4.79 Å². The molecule has 4 rings (SSSR count). The number of nitrogens with zero attached hydrogens (tertiary/aromatic N) is 1. The number of rotatable bonds is 2. The normalized spacial score (nSPS) is 16.3. The van der Waals surface area contributed by atoms with Gasteiger partial charge < -0.3 is 10.2 Å². The molecule has 0 atom stereocenters. The molecule has 1 amide bonds. The van der Waals surface area contributed by atoms with E-state index in [0.717, 1.165) is 13.0 Å². The second kappa shape index (κ2) is 11.5. The van der Waals surface area contributed by atoms with E-state index in [2.05, 4.69) is 81.5 Å². The van der Waals surface area contributed by atoms with Crippen LogP contribution in [0.1, 0.15) is 69.2 Å². The molecule has 0 radical (unpaired) electrons. The fraction of sp³-hybridized carbons (Fsp3) is 0.536. The summed E-state index contributed by atoms with van der Waals surface area (Å²) in [6, 6.07) is 17.8. The minimum atomic E-state index is 0.285. The van der Waals surface area contributed by atoms with Crippen molar-refractivity contribution in [1.82, 2.24) is 10.2 Å². The molecule has 0 saturated carbocycles. The lowest BCUT2D eigenvalue weighted by Gasteiger charge is -2.34. The van der Waals surface area contributed by atoms with Crippen LogP contribution in [0.15, 0.2) is 48.5 Å². The molecule has 2 aromatic rings. The van der Waals surface area contributed by atoms with Crippen LogP contribution in [0.2, 0.25) is 0 Å². The molecule has 3 heteroatoms. The Morgan fingerprint density at radius 1 is 1.00 bits per heavy atom. The molecule has 1 saturated heterocycles. The quantitative estimate of drug-likeness (QED) is 0.635. The maximum Gasteiger partial charge on any atom is 0.209 e. The molecule has 1 fully saturated rings. The predicted octanol–water partition coefficient (Wildman–Crippen LogP) is 5.64. The first-order valence-electron chi connectivity index (χ1n) is 11.7. The Hall–Kier alpha value is -2.13. The van der Waals surface area contributed by atoms with E-state index in [1.807, 2.05) is 6.92 Å². The first-order valence-corrected chi connectivity index (χ1v) is 11.7. The summed E-state index contributed by atoms with van der Waals surface area (Å²) in [6.07, 6.45) is 6.16. The van der Waals surface area contributed by atoms with Gasteiger partial charge in [0.1, 0.15) is 0 Å². The van der Waals surface area contributed by atoms with Crippen LogP contribution < -0.4 is 5.32 Å². The highest BCUT2D eigenvalue weighted by Crippen LogP contribution is 2.44. The molecule has 31 heavy (non-hydrogen) atoms. The molecule has 0 aromatic heterocycles. The highest BCUT2D eigenvalue weighted by Gasteiger charge is 2.38. The molecule has 3 nitrogen and oxygen atoms in total. The second-order valence-electron chi connectivity index (χ2n) is 9.98. The van der Waals surface area contributed by atoms with Gasteiger partial charge in [-0.1, -0.05) is 74.9 Å². The number of fused-ring (bicyclic) bond motifs is 2. The van der Waals surface area contributed by atoms with Crippen molar-refractivity contribution in [1.29, 1.82) is 0 Å². The average Bonchev–Trinajstić information content (AvgIpc) is 3.12. The third-order valence-corrected chi connectivity index (χ3v) is 6.62. The number of piperidine rings is 1. The zero-order chi connectivity index (χ0) is 22.9. The lowest BCUT2D eigenvalue weighted by molar-refractivity contribution is -0.116. The molecule has 2 aromatic carbocycles. The maximum atomic E-state index is 9.66. The molecular weight excluding hydrogens is 380 g/mol. The summed E-state index contributed by atoms with van der Waals surface area (Å²) in [6.45, 7) is 13.9. The molecule has 1 aliphatic heterocycles. The van der Waals surface area contributed by atoms with Crippen molar-refractivity contribution < 1.29 is 4.79 Å². The Morgan fingerprint density at radius 3 is 2.13 bits per heavy atom. The van der Waals surface area contributed by atoms with E-state index in [1.54, 1.807) is 23.1 Å². The summed E-state index contributed by atoms with van der Waals surface area (Å²) in [5, 5.41) is 3.47. The van der Waals surface area contributed by atoms with Gasteiger partial charge in [0.05, 0.1) is 0 Å². The lowest BCUT2D eigenvalue weighted by atomic mass is 9.74. The van der Waals surface area contributed by atoms with Crippen LogP contribution in [0, 0.1) is 6.92 Å². The number of nitrogens with one attached hydrogen (secondary N) is 1. The average molecular weight is 423 g/mol. The first-order chi connectivity index (χ1) is 14.7. The Labute approximate surface area is 190 Å². The standard InChI is InChI=1S/C13H17N.C11H16.C4H9NO/c1-2-4-12-11(3-1)5-6-13(12)7-9-14-10-8-13;1-9-5-7-10(8-6-9)11(2,3)4;1-3-5(2)4-6/h1-4,14H,5-10H2;5-8H,1-4H3;4H,3H2,1-2H3. The van der Waals surface area contributed by atoms with Crippen molar-refractivity contribution in [2.24, 2.45) is 0 Å². The molecule has 0 unspecified atom stereocenters. The zero-order valence-corrected chi connectivity index (χ0v) is 20.5. The van der Waals surface area contributed by atoms with Gasteiger partial charge in [0, 0.05) is 13.6 Å². The van der Waals surface area contributed by atoms with Gasteiger partial charge in [0.25, 0.3) is 0 Å². The highest BCUT2D eigenvalue weighted by atomic mass is 16.1. The predicted molar refractivity (Wildman–Crippen MR) is 133 cm³/mol. The summed E-state index contributed by atoms with van der Waals surface area (Å²) in [4.78, 5) is 11.2. The van der Waals surface area contributed by atoms with Gasteiger partial charge in [-0.05, 0) is 80.1 Å². The van der Waals surface area contributed by atoms with Crippen molar-refractivity contribution in [2.45, 2.75) is 71.1 Å². The number of hydrogen-bond acceptors (Lipinski definition) is 2. The third-order valence-electron chi connectivity index (χ3n) is 6.62. The minimum absolute atomic E-state index is 0.285. The van der Waals surface area contributed by atoms with E-state index in [1.165, 1.54) is 49.9 Å². The molecule has 1 spiro atoms. The van der Waals surface area contributed by atoms with Gasteiger partial charge in [-0.25, -0.2) is 0 Å². The Morgan fingerprint density at radius 2 is 1.61 bits per heavy atom. The molecule has 1 N–H and O–H groups in total. The summed E-state index contributed by atoms with van der Waals surface area (Å²) < 4.78 is 0. The monoisotopic (exact) mass is 422 g/mol. The van der Waals surface area contributed by atoms with Gasteiger partial charge in [-0.15, -0.1) is 0 Å². The van der Waals surface area contributed by atoms with E-state index >= 15 is 0 Å². The Balaban J connectivity index is 0.000000180. The van der Waals surface area contributed by atoms with Crippen LogP contribution in [-0.4, -0.2) is 38.0 Å². The lowest BCUT2D eigenvalue weighted by Crippen LogP contribution is -2.38. The van der Waals surface area contributed by atoms with Crippen LogP contribution in [0.25, 0.3) is 0 Å². The van der Waals surface area contributed by atoms with Crippen LogP contribution in [0.5, 0.6) is 0 Å². The van der Waals surface area contributed by atoms with Crippen LogP contribution >= 0.6 is 0 Å². The number of aryl methyl sites for hydroxylation is 2. The first kappa shape index (κ1) is 25.1. The van der Waals surface area contributed by atoms with E-state index in [9.17, 15) is 4.79 Å². The third kappa shape index (κ3) is 7.21. The van der Waals surface area contributed by atoms with Crippen LogP contribution in [0.4, 0.5) is 0 Å². The number of hydrogen-bond donors (Lipinski definition) is 1. The zero-order valence-electron chi connectivity index (χ0n) is 20.5. The molecular formula is C28H42N2O. The van der Waals surface area contributed by atoms with E-state index < -0.39 is 0 Å². The Kier molecular flexibility index (Phi) is 9.31. The molecule has 170 valence electrons. The second-order valence-corrected chi connectivity index (χ2v) is 9.98. The van der Waals surface area contributed by atoms with Crippen LogP contribution in [-0.2, 0) is 22.0 Å². The topological polar surface area (TPSA) is 32.3 Å². The fourth-order valence-corrected chi connectivity index (χ4v) is 4.32. The van der Waals surface area contributed by atoms with Crippen molar-refractivity contribution >= 4 is 6.41 Å². The van der Waals surface area contributed by atoms with Gasteiger partial charge in [0.2, 0.25) is 6.41 Å². The van der Waals surface area contributed by atoms with Gasteiger partial charge in [0.15, 0.2) is 0 Å². The largest absolute Gasteiger partial charge is 0.349 e. The van der Waals surface area contributed by atoms with Crippen molar-refractivity contribution in [2.75, 3.05) is 26.7 Å². The van der Waals surface area contributed by atoms with Crippen molar-refractivity contribution in [3.63, 3.8) is 0 Å². The van der Waals surface area contributed by atoms with Gasteiger partial charge >= 0.3 is 0 Å². The van der Waals surface area contributed by atoms with Crippen LogP contribution in [0.3, 0.4) is 0 Å². The van der Waals surface area contributed by atoms with E-state index in [-0.39, 0.29) is 5.41 Å². The Bertz CT molecular complexity index is 793. The smallest absolute Gasteiger partial charge is 0.209 e. The molecule has 1 heterocycles. The van der Waals surface area contributed by atoms with E-state index in [0.29, 0.717) is 5.41 Å². The summed E-state index contributed by atoms with van der Waals surface area (Å²) in [5.41, 5.74) is 6.83.